The number of benzene rings is 1. The first kappa shape index (κ1) is 19.3. The molecule has 8 nitrogen and oxygen atoms in total. The Labute approximate surface area is 147 Å². The van der Waals surface area contributed by atoms with E-state index in [1.165, 1.54) is 49.8 Å². The van der Waals surface area contributed by atoms with Crippen LogP contribution < -0.4 is 9.44 Å². The van der Waals surface area contributed by atoms with Crippen LogP contribution in [0.4, 0.5) is 5.69 Å². The highest BCUT2D eigenvalue weighted by Gasteiger charge is 2.19. The summed E-state index contributed by atoms with van der Waals surface area (Å²) in [5.74, 6) is 0. The van der Waals surface area contributed by atoms with E-state index in [9.17, 15) is 16.8 Å². The van der Waals surface area contributed by atoms with Gasteiger partial charge in [-0.2, -0.15) is 0 Å². The van der Waals surface area contributed by atoms with Crippen molar-refractivity contribution < 1.29 is 21.6 Å². The van der Waals surface area contributed by atoms with E-state index in [-0.39, 0.29) is 16.3 Å². The number of anilines is 1. The van der Waals surface area contributed by atoms with Gasteiger partial charge in [0, 0.05) is 32.7 Å². The van der Waals surface area contributed by atoms with E-state index in [4.69, 9.17) is 4.74 Å². The van der Waals surface area contributed by atoms with Crippen molar-refractivity contribution in [2.75, 3.05) is 25.0 Å². The van der Waals surface area contributed by atoms with Gasteiger partial charge in [-0.25, -0.2) is 21.6 Å². The molecule has 0 bridgehead atoms. The number of nitrogens with one attached hydrogen (secondary N) is 2. The molecule has 0 radical (unpaired) electrons. The smallest absolute Gasteiger partial charge is 0.261 e. The van der Waals surface area contributed by atoms with E-state index in [2.05, 4.69) is 14.4 Å². The zero-order valence-corrected chi connectivity index (χ0v) is 15.2. The maximum atomic E-state index is 12.4. The second-order valence-corrected chi connectivity index (χ2v) is 8.51. The Hall–Kier alpha value is -2.01. The van der Waals surface area contributed by atoms with Gasteiger partial charge in [-0.3, -0.25) is 9.71 Å². The molecule has 0 fully saturated rings. The highest BCUT2D eigenvalue weighted by atomic mass is 32.2. The molecule has 2 N–H and O–H groups in total. The highest BCUT2D eigenvalue weighted by Crippen LogP contribution is 2.18. The lowest BCUT2D eigenvalue weighted by Gasteiger charge is -2.10. The maximum Gasteiger partial charge on any atom is 0.261 e. The summed E-state index contributed by atoms with van der Waals surface area (Å²) in [7, 11) is -6.19. The Balaban J connectivity index is 2.20. The minimum absolute atomic E-state index is 0.123. The van der Waals surface area contributed by atoms with Gasteiger partial charge in [0.15, 0.2) is 0 Å². The van der Waals surface area contributed by atoms with Crippen LogP contribution in [-0.4, -0.2) is 42.1 Å². The van der Waals surface area contributed by atoms with Crippen molar-refractivity contribution in [3.05, 3.63) is 48.8 Å². The third-order valence-corrected chi connectivity index (χ3v) is 6.01. The van der Waals surface area contributed by atoms with Gasteiger partial charge < -0.3 is 4.74 Å². The lowest BCUT2D eigenvalue weighted by Crippen LogP contribution is -2.26. The van der Waals surface area contributed by atoms with Gasteiger partial charge in [-0.1, -0.05) is 6.07 Å². The Kier molecular flexibility index (Phi) is 6.48. The van der Waals surface area contributed by atoms with Gasteiger partial charge in [0.05, 0.1) is 15.5 Å². The summed E-state index contributed by atoms with van der Waals surface area (Å²) in [4.78, 5) is 3.53. The maximum absolute atomic E-state index is 12.4. The monoisotopic (exact) mass is 385 g/mol. The van der Waals surface area contributed by atoms with E-state index in [0.717, 1.165) is 6.07 Å². The van der Waals surface area contributed by atoms with Crippen LogP contribution in [0.25, 0.3) is 0 Å². The van der Waals surface area contributed by atoms with Crippen LogP contribution in [0.1, 0.15) is 6.42 Å². The molecule has 1 heterocycles. The average molecular weight is 385 g/mol. The number of ether oxygens (including phenoxy) is 1. The Morgan fingerprint density at radius 2 is 1.64 bits per heavy atom. The molecule has 0 amide bonds. The average Bonchev–Trinajstić information content (AvgIpc) is 2.59. The quantitative estimate of drug-likeness (QED) is 0.627. The first-order valence-corrected chi connectivity index (χ1v) is 10.3. The van der Waals surface area contributed by atoms with Gasteiger partial charge >= 0.3 is 0 Å². The number of methoxy groups -OCH3 is 1. The minimum Gasteiger partial charge on any atom is -0.385 e. The molecule has 10 heteroatoms. The molecule has 1 aromatic heterocycles. The zero-order valence-electron chi connectivity index (χ0n) is 13.5. The standard InChI is InChI=1S/C15H19N3O5S2/c1-23-11-3-8-17-24(19,20)14-4-2-5-15(12-14)25(21,22)18-13-6-9-16-10-7-13/h2,4-7,9-10,12,17H,3,8,11H2,1H3,(H,16,18). The van der Waals surface area contributed by atoms with Crippen LogP contribution in [-0.2, 0) is 24.8 Å². The molecule has 0 unspecified atom stereocenters. The SMILES string of the molecule is COCCCNS(=O)(=O)c1cccc(S(=O)(=O)Nc2ccncc2)c1. The number of hydrogen-bond acceptors (Lipinski definition) is 6. The molecule has 0 atom stereocenters. The van der Waals surface area contributed by atoms with Crippen molar-refractivity contribution in [3.8, 4) is 0 Å². The predicted molar refractivity (Wildman–Crippen MR) is 93.2 cm³/mol. The zero-order chi connectivity index (χ0) is 18.3. The van der Waals surface area contributed by atoms with Crippen molar-refractivity contribution in [3.63, 3.8) is 0 Å². The van der Waals surface area contributed by atoms with E-state index >= 15 is 0 Å². The third-order valence-electron chi connectivity index (χ3n) is 3.18. The van der Waals surface area contributed by atoms with E-state index in [0.29, 0.717) is 18.7 Å². The summed E-state index contributed by atoms with van der Waals surface area (Å²) in [6.07, 6.45) is 3.41. The Bertz CT molecular complexity index is 900. The molecule has 25 heavy (non-hydrogen) atoms. The summed E-state index contributed by atoms with van der Waals surface area (Å²) < 4.78 is 59.0. The molecule has 0 spiro atoms. The van der Waals surface area contributed by atoms with Crippen LogP contribution >= 0.6 is 0 Å². The number of rotatable bonds is 9. The van der Waals surface area contributed by atoms with Crippen LogP contribution in [0.5, 0.6) is 0 Å². The minimum atomic E-state index is -3.92. The molecule has 0 saturated carbocycles. The van der Waals surface area contributed by atoms with Gasteiger partial charge in [0.1, 0.15) is 0 Å². The van der Waals surface area contributed by atoms with Gasteiger partial charge in [-0.05, 0) is 36.8 Å². The molecule has 2 rings (SSSR count). The molecule has 0 aliphatic rings. The fraction of sp³-hybridized carbons (Fsp3) is 0.267. The van der Waals surface area contributed by atoms with Crippen LogP contribution in [0, 0.1) is 0 Å². The van der Waals surface area contributed by atoms with Crippen LogP contribution in [0.2, 0.25) is 0 Å². The molecular formula is C15H19N3O5S2. The number of nitrogens with zero attached hydrogens (tertiary/aromatic N) is 1. The largest absolute Gasteiger partial charge is 0.385 e. The number of aromatic nitrogens is 1. The van der Waals surface area contributed by atoms with E-state index < -0.39 is 20.0 Å². The van der Waals surface area contributed by atoms with Gasteiger partial charge in [0.25, 0.3) is 10.0 Å². The van der Waals surface area contributed by atoms with E-state index in [1.54, 1.807) is 0 Å². The predicted octanol–water partition coefficient (Wildman–Crippen LogP) is 1.20. The molecule has 2 aromatic rings. The van der Waals surface area contributed by atoms with Crippen LogP contribution in [0.3, 0.4) is 0 Å². The Morgan fingerprint density at radius 3 is 2.28 bits per heavy atom. The summed E-state index contributed by atoms with van der Waals surface area (Å²) in [6, 6.07) is 8.15. The number of sulfonamides is 2. The van der Waals surface area contributed by atoms with Crippen molar-refractivity contribution in [1.82, 2.24) is 9.71 Å². The first-order valence-electron chi connectivity index (χ1n) is 7.37. The van der Waals surface area contributed by atoms with Crippen molar-refractivity contribution in [2.45, 2.75) is 16.2 Å². The van der Waals surface area contributed by atoms with Crippen molar-refractivity contribution >= 4 is 25.7 Å². The van der Waals surface area contributed by atoms with Crippen molar-refractivity contribution in [1.29, 1.82) is 0 Å². The molecule has 0 aliphatic carbocycles. The fourth-order valence-electron chi connectivity index (χ4n) is 1.95. The summed E-state index contributed by atoms with van der Waals surface area (Å²) >= 11 is 0. The highest BCUT2D eigenvalue weighted by molar-refractivity contribution is 7.93. The first-order chi connectivity index (χ1) is 11.8. The second kappa shape index (κ2) is 8.39. The van der Waals surface area contributed by atoms with E-state index in [1.807, 2.05) is 0 Å². The van der Waals surface area contributed by atoms with Gasteiger partial charge in [-0.15, -0.1) is 0 Å². The molecule has 1 aromatic carbocycles. The Morgan fingerprint density at radius 1 is 1.00 bits per heavy atom. The normalized spacial score (nSPS) is 12.0. The molecular weight excluding hydrogens is 366 g/mol. The number of hydrogen-bond donors (Lipinski definition) is 2. The molecule has 136 valence electrons. The molecule has 0 aliphatic heterocycles. The number of pyridine rings is 1. The lowest BCUT2D eigenvalue weighted by molar-refractivity contribution is 0.196. The third kappa shape index (κ3) is 5.49. The summed E-state index contributed by atoms with van der Waals surface area (Å²) in [5.41, 5.74) is 0.334. The summed E-state index contributed by atoms with van der Waals surface area (Å²) in [6.45, 7) is 0.620. The molecule has 0 saturated heterocycles. The fourth-order valence-corrected chi connectivity index (χ4v) is 4.25. The second-order valence-electron chi connectivity index (χ2n) is 5.06. The van der Waals surface area contributed by atoms with Crippen molar-refractivity contribution in [2.24, 2.45) is 0 Å². The lowest BCUT2D eigenvalue weighted by atomic mass is 10.4. The van der Waals surface area contributed by atoms with Crippen LogP contribution in [0.15, 0.2) is 58.6 Å². The summed E-state index contributed by atoms with van der Waals surface area (Å²) in [5, 5.41) is 0. The topological polar surface area (TPSA) is 114 Å². The van der Waals surface area contributed by atoms with Gasteiger partial charge in [0.2, 0.25) is 10.0 Å².